The third kappa shape index (κ3) is 4.82. The molecule has 0 aromatic heterocycles. The Labute approximate surface area is 183 Å². The average molecular weight is 421 g/mol. The summed E-state index contributed by atoms with van der Waals surface area (Å²) in [7, 11) is 4.62. The van der Waals surface area contributed by atoms with Crippen molar-refractivity contribution >= 4 is 28.9 Å². The van der Waals surface area contributed by atoms with Crippen molar-refractivity contribution in [2.45, 2.75) is 26.4 Å². The zero-order valence-electron chi connectivity index (χ0n) is 18.6. The molecule has 0 fully saturated rings. The van der Waals surface area contributed by atoms with Crippen LogP contribution in [0.5, 0.6) is 17.2 Å². The molecule has 0 radical (unpaired) electrons. The van der Waals surface area contributed by atoms with Crippen LogP contribution in [0, 0.1) is 0 Å². The van der Waals surface area contributed by atoms with Gasteiger partial charge < -0.3 is 18.9 Å². The Balaban J connectivity index is 2.02. The first kappa shape index (κ1) is 22.2. The van der Waals surface area contributed by atoms with Gasteiger partial charge >= 0.3 is 5.97 Å². The highest BCUT2D eigenvalue weighted by Gasteiger charge is 2.16. The molecule has 5 nitrogen and oxygen atoms in total. The fourth-order valence-corrected chi connectivity index (χ4v) is 3.34. The van der Waals surface area contributed by atoms with Crippen LogP contribution in [0.25, 0.3) is 22.9 Å². The van der Waals surface area contributed by atoms with Crippen LogP contribution in [0.15, 0.2) is 48.5 Å². The summed E-state index contributed by atoms with van der Waals surface area (Å²) in [6, 6.07) is 15.3. The SMILES string of the molecule is CCC(C)Oc1c(OC)cc(C=Cc2ccc(C(=O)OC)c3ccccc23)cc1OC. The Hall–Kier alpha value is -3.47. The number of carbonyl (C=O) groups is 1. The van der Waals surface area contributed by atoms with Gasteiger partial charge in [-0.25, -0.2) is 4.79 Å². The third-order valence-electron chi connectivity index (χ3n) is 5.20. The number of carbonyl (C=O) groups excluding carboxylic acids is 1. The highest BCUT2D eigenvalue weighted by atomic mass is 16.5. The van der Waals surface area contributed by atoms with Crippen LogP contribution in [0.1, 0.15) is 41.8 Å². The van der Waals surface area contributed by atoms with Crippen LogP contribution in [0.4, 0.5) is 0 Å². The van der Waals surface area contributed by atoms with E-state index in [1.165, 1.54) is 7.11 Å². The second-order valence-electron chi connectivity index (χ2n) is 7.16. The van der Waals surface area contributed by atoms with E-state index in [0.29, 0.717) is 22.8 Å². The summed E-state index contributed by atoms with van der Waals surface area (Å²) < 4.78 is 22.0. The molecule has 3 aromatic carbocycles. The Kier molecular flexibility index (Phi) is 7.19. The first-order valence-electron chi connectivity index (χ1n) is 10.2. The molecule has 31 heavy (non-hydrogen) atoms. The summed E-state index contributed by atoms with van der Waals surface area (Å²) in [5.74, 6) is 1.48. The number of fused-ring (bicyclic) bond motifs is 1. The Morgan fingerprint density at radius 1 is 0.935 bits per heavy atom. The largest absolute Gasteiger partial charge is 0.493 e. The molecule has 0 saturated heterocycles. The van der Waals surface area contributed by atoms with Gasteiger partial charge in [-0.05, 0) is 53.4 Å². The Bertz CT molecular complexity index is 1080. The van der Waals surface area contributed by atoms with Crippen molar-refractivity contribution in [3.05, 3.63) is 65.2 Å². The Morgan fingerprint density at radius 2 is 1.58 bits per heavy atom. The minimum absolute atomic E-state index is 0.0453. The number of benzene rings is 3. The summed E-state index contributed by atoms with van der Waals surface area (Å²) >= 11 is 0. The summed E-state index contributed by atoms with van der Waals surface area (Å²) in [6.45, 7) is 4.08. The third-order valence-corrected chi connectivity index (χ3v) is 5.20. The van der Waals surface area contributed by atoms with Gasteiger partial charge in [0.25, 0.3) is 0 Å². The van der Waals surface area contributed by atoms with Crippen molar-refractivity contribution in [3.63, 3.8) is 0 Å². The maximum absolute atomic E-state index is 12.1. The maximum Gasteiger partial charge on any atom is 0.338 e. The van der Waals surface area contributed by atoms with Gasteiger partial charge in [-0.3, -0.25) is 0 Å². The highest BCUT2D eigenvalue weighted by Crippen LogP contribution is 2.40. The van der Waals surface area contributed by atoms with Crippen LogP contribution in [0.3, 0.4) is 0 Å². The normalized spacial score (nSPS) is 12.0. The lowest BCUT2D eigenvalue weighted by Gasteiger charge is -2.18. The number of ether oxygens (including phenoxy) is 4. The van der Waals surface area contributed by atoms with Crippen molar-refractivity contribution in [2.24, 2.45) is 0 Å². The molecule has 0 amide bonds. The molecule has 0 spiro atoms. The second kappa shape index (κ2) is 10.0. The van der Waals surface area contributed by atoms with E-state index in [-0.39, 0.29) is 12.1 Å². The fourth-order valence-electron chi connectivity index (χ4n) is 3.34. The molecule has 0 heterocycles. The molecule has 5 heteroatoms. The quantitative estimate of drug-likeness (QED) is 0.331. The number of methoxy groups -OCH3 is 3. The Morgan fingerprint density at radius 3 is 2.16 bits per heavy atom. The van der Waals surface area contributed by atoms with Crippen LogP contribution in [-0.4, -0.2) is 33.4 Å². The molecule has 162 valence electrons. The maximum atomic E-state index is 12.1. The van der Waals surface area contributed by atoms with E-state index in [4.69, 9.17) is 18.9 Å². The van der Waals surface area contributed by atoms with Gasteiger partial charge in [0.15, 0.2) is 11.5 Å². The van der Waals surface area contributed by atoms with Crippen molar-refractivity contribution in [3.8, 4) is 17.2 Å². The van der Waals surface area contributed by atoms with Crippen molar-refractivity contribution in [2.75, 3.05) is 21.3 Å². The summed E-state index contributed by atoms with van der Waals surface area (Å²) in [6.07, 6.45) is 4.91. The minimum Gasteiger partial charge on any atom is -0.493 e. The molecule has 0 N–H and O–H groups in total. The molecule has 1 unspecified atom stereocenters. The minimum atomic E-state index is -0.349. The highest BCUT2D eigenvalue weighted by molar-refractivity contribution is 6.07. The van der Waals surface area contributed by atoms with E-state index in [0.717, 1.165) is 28.3 Å². The first-order chi connectivity index (χ1) is 15.0. The zero-order valence-corrected chi connectivity index (χ0v) is 18.6. The van der Waals surface area contributed by atoms with E-state index in [1.54, 1.807) is 20.3 Å². The summed E-state index contributed by atoms with van der Waals surface area (Å²) in [4.78, 5) is 12.1. The van der Waals surface area contributed by atoms with Crippen LogP contribution in [0.2, 0.25) is 0 Å². The molecule has 3 aromatic rings. The molecule has 0 aliphatic rings. The lowest BCUT2D eigenvalue weighted by atomic mass is 9.98. The van der Waals surface area contributed by atoms with Gasteiger partial charge in [-0.2, -0.15) is 0 Å². The van der Waals surface area contributed by atoms with Crippen molar-refractivity contribution < 1.29 is 23.7 Å². The fraction of sp³-hybridized carbons (Fsp3) is 0.269. The summed E-state index contributed by atoms with van der Waals surface area (Å²) in [5, 5.41) is 1.82. The predicted molar refractivity (Wildman–Crippen MR) is 124 cm³/mol. The average Bonchev–Trinajstić information content (AvgIpc) is 2.82. The van der Waals surface area contributed by atoms with Crippen molar-refractivity contribution in [1.82, 2.24) is 0 Å². The molecule has 3 rings (SSSR count). The van der Waals surface area contributed by atoms with Crippen molar-refractivity contribution in [1.29, 1.82) is 0 Å². The topological polar surface area (TPSA) is 54.0 Å². The van der Waals surface area contributed by atoms with E-state index in [9.17, 15) is 4.79 Å². The second-order valence-corrected chi connectivity index (χ2v) is 7.16. The van der Waals surface area contributed by atoms with Gasteiger partial charge in [0.1, 0.15) is 0 Å². The number of esters is 1. The number of rotatable bonds is 8. The van der Waals surface area contributed by atoms with E-state index >= 15 is 0 Å². The molecular weight excluding hydrogens is 392 g/mol. The lowest BCUT2D eigenvalue weighted by molar-refractivity contribution is 0.0603. The summed E-state index contributed by atoms with van der Waals surface area (Å²) in [5.41, 5.74) is 2.44. The van der Waals surface area contributed by atoms with Gasteiger partial charge in [-0.1, -0.05) is 49.4 Å². The number of hydrogen-bond donors (Lipinski definition) is 0. The van der Waals surface area contributed by atoms with Gasteiger partial charge in [0.2, 0.25) is 5.75 Å². The van der Waals surface area contributed by atoms with E-state index in [1.807, 2.05) is 61.5 Å². The molecule has 0 aliphatic carbocycles. The smallest absolute Gasteiger partial charge is 0.338 e. The van der Waals surface area contributed by atoms with Crippen LogP contribution >= 0.6 is 0 Å². The van der Waals surface area contributed by atoms with E-state index < -0.39 is 0 Å². The van der Waals surface area contributed by atoms with Crippen LogP contribution < -0.4 is 14.2 Å². The zero-order chi connectivity index (χ0) is 22.4. The van der Waals surface area contributed by atoms with Crippen LogP contribution in [-0.2, 0) is 4.74 Å². The standard InChI is InChI=1S/C26H28O5/c1-6-17(2)31-25-23(28-3)15-18(16-24(25)29-4)11-12-19-13-14-22(26(27)30-5)21-10-8-7-9-20(19)21/h7-17H,6H2,1-5H3. The lowest BCUT2D eigenvalue weighted by Crippen LogP contribution is -2.11. The monoisotopic (exact) mass is 420 g/mol. The molecule has 0 saturated carbocycles. The predicted octanol–water partition coefficient (Wildman–Crippen LogP) is 5.99. The van der Waals surface area contributed by atoms with Gasteiger partial charge in [0, 0.05) is 0 Å². The van der Waals surface area contributed by atoms with Gasteiger partial charge in [-0.15, -0.1) is 0 Å². The molecule has 1 atom stereocenters. The number of hydrogen-bond acceptors (Lipinski definition) is 5. The molecular formula is C26H28O5. The first-order valence-corrected chi connectivity index (χ1v) is 10.2. The molecule has 0 bridgehead atoms. The van der Waals surface area contributed by atoms with Gasteiger partial charge in [0.05, 0.1) is 33.0 Å². The van der Waals surface area contributed by atoms with E-state index in [2.05, 4.69) is 6.92 Å². The molecule has 0 aliphatic heterocycles.